The molecule has 1 heterocycles. The molecule has 0 radical (unpaired) electrons. The zero-order valence-corrected chi connectivity index (χ0v) is 11.8. The Morgan fingerprint density at radius 1 is 1.45 bits per heavy atom. The van der Waals surface area contributed by atoms with E-state index in [1.165, 1.54) is 0 Å². The van der Waals surface area contributed by atoms with Crippen LogP contribution in [0.1, 0.15) is 24.7 Å². The van der Waals surface area contributed by atoms with Crippen molar-refractivity contribution in [2.24, 2.45) is 10.7 Å². The number of guanidine groups is 1. The van der Waals surface area contributed by atoms with E-state index in [2.05, 4.69) is 32.4 Å². The minimum absolute atomic E-state index is 0.478. The van der Waals surface area contributed by atoms with Crippen LogP contribution in [0.2, 0.25) is 0 Å². The second kappa shape index (κ2) is 6.70. The van der Waals surface area contributed by atoms with Gasteiger partial charge in [-0.15, -0.1) is 0 Å². The van der Waals surface area contributed by atoms with Gasteiger partial charge in [0.15, 0.2) is 11.8 Å². The maximum absolute atomic E-state index is 5.77. The summed E-state index contributed by atoms with van der Waals surface area (Å²) in [7, 11) is 0. The van der Waals surface area contributed by atoms with Crippen molar-refractivity contribution in [3.63, 3.8) is 0 Å². The highest BCUT2D eigenvalue weighted by atomic mass is 15.2. The Labute approximate surface area is 118 Å². The molecule has 4 N–H and O–H groups in total. The van der Waals surface area contributed by atoms with Gasteiger partial charge in [0, 0.05) is 12.1 Å². The van der Waals surface area contributed by atoms with Gasteiger partial charge in [0.25, 0.3) is 0 Å². The van der Waals surface area contributed by atoms with E-state index in [9.17, 15) is 0 Å². The number of aliphatic imine (C=N–C) groups is 1. The van der Waals surface area contributed by atoms with Crippen molar-refractivity contribution in [1.82, 2.24) is 20.5 Å². The lowest BCUT2D eigenvalue weighted by atomic mass is 10.1. The summed E-state index contributed by atoms with van der Waals surface area (Å²) in [6, 6.07) is 7.99. The third-order valence-electron chi connectivity index (χ3n) is 2.77. The Kier molecular flexibility index (Phi) is 4.70. The predicted molar refractivity (Wildman–Crippen MR) is 80.2 cm³/mol. The van der Waals surface area contributed by atoms with Crippen LogP contribution < -0.4 is 11.1 Å². The van der Waals surface area contributed by atoms with Gasteiger partial charge in [0.05, 0.1) is 6.54 Å². The summed E-state index contributed by atoms with van der Waals surface area (Å²) in [5.41, 5.74) is 7.82. The van der Waals surface area contributed by atoms with Crippen LogP contribution in [0.15, 0.2) is 29.3 Å². The number of aryl methyl sites for hydroxylation is 1. The monoisotopic (exact) mass is 272 g/mol. The van der Waals surface area contributed by atoms with Crippen molar-refractivity contribution >= 4 is 5.96 Å². The molecule has 0 spiro atoms. The number of hydrogen-bond acceptors (Lipinski definition) is 3. The van der Waals surface area contributed by atoms with Crippen LogP contribution in [0.4, 0.5) is 0 Å². The average Bonchev–Trinajstić information content (AvgIpc) is 2.90. The number of aromatic nitrogens is 3. The standard InChI is InChI=1S/C14H20N6/c1-3-7-16-14(15)17-9-11-5-4-6-12(8-11)13-18-10(2)19-20-13/h4-6,8H,3,7,9H2,1-2H3,(H3,15,16,17)(H,18,19,20). The molecule has 0 atom stereocenters. The minimum atomic E-state index is 0.478. The molecular weight excluding hydrogens is 252 g/mol. The summed E-state index contributed by atoms with van der Waals surface area (Å²) in [5.74, 6) is 1.98. The van der Waals surface area contributed by atoms with Gasteiger partial charge in [-0.2, -0.15) is 5.10 Å². The summed E-state index contributed by atoms with van der Waals surface area (Å²) in [5, 5.41) is 10.0. The molecule has 0 fully saturated rings. The molecule has 0 amide bonds. The molecule has 0 saturated carbocycles. The summed E-state index contributed by atoms with van der Waals surface area (Å²) >= 11 is 0. The first-order valence-electron chi connectivity index (χ1n) is 6.71. The minimum Gasteiger partial charge on any atom is -0.370 e. The molecule has 1 aromatic heterocycles. The first-order chi connectivity index (χ1) is 9.69. The number of nitrogens with two attached hydrogens (primary N) is 1. The van der Waals surface area contributed by atoms with E-state index >= 15 is 0 Å². The van der Waals surface area contributed by atoms with Gasteiger partial charge in [0.1, 0.15) is 5.82 Å². The normalized spacial score (nSPS) is 11.6. The van der Waals surface area contributed by atoms with Crippen molar-refractivity contribution in [2.75, 3.05) is 6.54 Å². The van der Waals surface area contributed by atoms with Crippen molar-refractivity contribution in [1.29, 1.82) is 0 Å². The van der Waals surface area contributed by atoms with Gasteiger partial charge in [-0.25, -0.2) is 9.98 Å². The molecule has 1 aromatic carbocycles. The zero-order valence-electron chi connectivity index (χ0n) is 11.8. The molecule has 6 heteroatoms. The molecule has 0 aliphatic heterocycles. The summed E-state index contributed by atoms with van der Waals surface area (Å²) in [6.07, 6.45) is 1.02. The fourth-order valence-corrected chi connectivity index (χ4v) is 1.77. The van der Waals surface area contributed by atoms with Crippen LogP contribution in [0.5, 0.6) is 0 Å². The van der Waals surface area contributed by atoms with E-state index in [-0.39, 0.29) is 0 Å². The SMILES string of the molecule is CCCNC(N)=NCc1cccc(-c2n[nH]c(C)n2)c1. The first-order valence-corrected chi connectivity index (χ1v) is 6.71. The number of aromatic amines is 1. The number of nitrogens with one attached hydrogen (secondary N) is 2. The van der Waals surface area contributed by atoms with E-state index in [0.29, 0.717) is 18.3 Å². The Morgan fingerprint density at radius 3 is 3.00 bits per heavy atom. The van der Waals surface area contributed by atoms with Gasteiger partial charge in [-0.05, 0) is 25.0 Å². The van der Waals surface area contributed by atoms with Gasteiger partial charge in [-0.3, -0.25) is 5.10 Å². The molecule has 0 bridgehead atoms. The number of hydrogen-bond donors (Lipinski definition) is 3. The second-order valence-corrected chi connectivity index (χ2v) is 4.57. The van der Waals surface area contributed by atoms with E-state index in [1.54, 1.807) is 0 Å². The molecular formula is C14H20N6. The quantitative estimate of drug-likeness (QED) is 0.569. The van der Waals surface area contributed by atoms with Crippen molar-refractivity contribution in [3.05, 3.63) is 35.7 Å². The smallest absolute Gasteiger partial charge is 0.188 e. The summed E-state index contributed by atoms with van der Waals surface area (Å²) in [4.78, 5) is 8.62. The number of H-pyrrole nitrogens is 1. The number of nitrogens with zero attached hydrogens (tertiary/aromatic N) is 3. The van der Waals surface area contributed by atoms with E-state index in [4.69, 9.17) is 5.73 Å². The Balaban J connectivity index is 2.06. The lowest BCUT2D eigenvalue weighted by Gasteiger charge is -2.04. The zero-order chi connectivity index (χ0) is 14.4. The Hall–Kier alpha value is -2.37. The highest BCUT2D eigenvalue weighted by Gasteiger charge is 2.04. The van der Waals surface area contributed by atoms with E-state index < -0.39 is 0 Å². The summed E-state index contributed by atoms with van der Waals surface area (Å²) < 4.78 is 0. The van der Waals surface area contributed by atoms with Crippen LogP contribution in [-0.4, -0.2) is 27.7 Å². The van der Waals surface area contributed by atoms with Gasteiger partial charge < -0.3 is 11.1 Å². The van der Waals surface area contributed by atoms with Crippen LogP contribution in [0, 0.1) is 6.92 Å². The third kappa shape index (κ3) is 3.81. The maximum atomic E-state index is 5.77. The molecule has 0 unspecified atom stereocenters. The molecule has 106 valence electrons. The Morgan fingerprint density at radius 2 is 2.30 bits per heavy atom. The van der Waals surface area contributed by atoms with Crippen LogP contribution in [0.3, 0.4) is 0 Å². The molecule has 6 nitrogen and oxygen atoms in total. The average molecular weight is 272 g/mol. The Bertz CT molecular complexity index is 587. The molecule has 20 heavy (non-hydrogen) atoms. The van der Waals surface area contributed by atoms with Gasteiger partial charge in [-0.1, -0.05) is 25.1 Å². The van der Waals surface area contributed by atoms with Crippen molar-refractivity contribution in [2.45, 2.75) is 26.8 Å². The molecule has 0 aliphatic carbocycles. The third-order valence-corrected chi connectivity index (χ3v) is 2.77. The molecule has 0 saturated heterocycles. The van der Waals surface area contributed by atoms with Crippen LogP contribution in [-0.2, 0) is 6.54 Å². The topological polar surface area (TPSA) is 92.0 Å². The lowest BCUT2D eigenvalue weighted by molar-refractivity contribution is 0.825. The predicted octanol–water partition coefficient (Wildman–Crippen LogP) is 1.59. The number of benzene rings is 1. The molecule has 2 aromatic rings. The fourth-order valence-electron chi connectivity index (χ4n) is 1.77. The largest absolute Gasteiger partial charge is 0.370 e. The second-order valence-electron chi connectivity index (χ2n) is 4.57. The first kappa shape index (κ1) is 14.0. The highest BCUT2D eigenvalue weighted by molar-refractivity contribution is 5.77. The van der Waals surface area contributed by atoms with Crippen LogP contribution in [0.25, 0.3) is 11.4 Å². The number of rotatable bonds is 5. The molecule has 0 aliphatic rings. The molecule has 2 rings (SSSR count). The lowest BCUT2D eigenvalue weighted by Crippen LogP contribution is -2.32. The fraction of sp³-hybridized carbons (Fsp3) is 0.357. The maximum Gasteiger partial charge on any atom is 0.188 e. The van der Waals surface area contributed by atoms with Crippen molar-refractivity contribution in [3.8, 4) is 11.4 Å². The van der Waals surface area contributed by atoms with Crippen LogP contribution >= 0.6 is 0 Å². The van der Waals surface area contributed by atoms with E-state index in [1.807, 2.05) is 31.2 Å². The highest BCUT2D eigenvalue weighted by Crippen LogP contribution is 2.16. The van der Waals surface area contributed by atoms with Crippen molar-refractivity contribution < 1.29 is 0 Å². The summed E-state index contributed by atoms with van der Waals surface area (Å²) in [6.45, 7) is 5.35. The van der Waals surface area contributed by atoms with E-state index in [0.717, 1.165) is 29.9 Å². The van der Waals surface area contributed by atoms with Gasteiger partial charge >= 0.3 is 0 Å². The van der Waals surface area contributed by atoms with Gasteiger partial charge in [0.2, 0.25) is 0 Å².